The van der Waals surface area contributed by atoms with Crippen LogP contribution in [0.4, 0.5) is 11.7 Å². The second-order valence-corrected chi connectivity index (χ2v) is 6.13. The Kier molecular flexibility index (Phi) is 4.95. The maximum Gasteiger partial charge on any atom is 0.302 e. The summed E-state index contributed by atoms with van der Waals surface area (Å²) < 4.78 is 6.10. The predicted octanol–water partition coefficient (Wildman–Crippen LogP) is 4.25. The van der Waals surface area contributed by atoms with Crippen molar-refractivity contribution in [3.63, 3.8) is 0 Å². The number of anilines is 2. The van der Waals surface area contributed by atoms with Gasteiger partial charge in [0, 0.05) is 15.7 Å². The minimum absolute atomic E-state index is 0.0361. The topological polar surface area (TPSA) is 84.2 Å². The molecule has 0 atom stereocenters. The van der Waals surface area contributed by atoms with Gasteiger partial charge in [-0.1, -0.05) is 34.1 Å². The molecule has 2 amide bonds. The molecule has 1 heterocycles. The van der Waals surface area contributed by atoms with Crippen molar-refractivity contribution in [2.24, 2.45) is 0 Å². The Bertz CT molecular complexity index is 922. The molecule has 1 aromatic heterocycles. The first kappa shape index (κ1) is 16.9. The van der Waals surface area contributed by atoms with E-state index in [4.69, 9.17) is 4.42 Å². The molecule has 2 N–H and O–H groups in total. The third kappa shape index (κ3) is 4.13. The number of nitrogens with one attached hydrogen (secondary N) is 2. The van der Waals surface area contributed by atoms with Crippen molar-refractivity contribution in [3.05, 3.63) is 76.1 Å². The molecule has 0 spiro atoms. The van der Waals surface area contributed by atoms with E-state index in [-0.39, 0.29) is 17.6 Å². The lowest BCUT2D eigenvalue weighted by Crippen LogP contribution is -2.14. The summed E-state index contributed by atoms with van der Waals surface area (Å²) in [7, 11) is 0. The van der Waals surface area contributed by atoms with Crippen LogP contribution in [0.3, 0.4) is 0 Å². The Labute approximate surface area is 152 Å². The number of nitrogens with zero attached hydrogens (tertiary/aromatic N) is 1. The summed E-state index contributed by atoms with van der Waals surface area (Å²) in [4.78, 5) is 28.3. The fourth-order valence-corrected chi connectivity index (χ4v) is 2.36. The molecular weight excluding hydrogens is 386 g/mol. The lowest BCUT2D eigenvalue weighted by molar-refractivity contribution is 0.101. The summed E-state index contributed by atoms with van der Waals surface area (Å²) in [6.07, 6.45) is 1.20. The molecule has 0 saturated heterocycles. The summed E-state index contributed by atoms with van der Waals surface area (Å²) in [6, 6.07) is 14.1. The van der Waals surface area contributed by atoms with E-state index in [9.17, 15) is 9.59 Å². The second kappa shape index (κ2) is 7.31. The molecule has 0 fully saturated rings. The van der Waals surface area contributed by atoms with Crippen LogP contribution in [-0.4, -0.2) is 16.8 Å². The summed E-state index contributed by atoms with van der Waals surface area (Å²) in [5, 5.41) is 5.24. The number of aromatic nitrogens is 1. The van der Waals surface area contributed by atoms with Gasteiger partial charge < -0.3 is 9.73 Å². The highest BCUT2D eigenvalue weighted by Gasteiger charge is 2.15. The van der Waals surface area contributed by atoms with Crippen molar-refractivity contribution in [1.82, 2.24) is 4.98 Å². The number of amides is 2. The van der Waals surface area contributed by atoms with Crippen LogP contribution in [0.25, 0.3) is 0 Å². The Morgan fingerprint density at radius 2 is 1.80 bits per heavy atom. The van der Waals surface area contributed by atoms with Crippen LogP contribution < -0.4 is 10.6 Å². The molecule has 0 bridgehead atoms. The van der Waals surface area contributed by atoms with Crippen LogP contribution in [0.15, 0.2) is 63.7 Å². The molecule has 0 radical (unpaired) electrons. The number of rotatable bonds is 4. The highest BCUT2D eigenvalue weighted by atomic mass is 79.9. The Morgan fingerprint density at radius 3 is 2.52 bits per heavy atom. The van der Waals surface area contributed by atoms with Gasteiger partial charge in [0.25, 0.3) is 11.8 Å². The highest BCUT2D eigenvalue weighted by molar-refractivity contribution is 9.10. The van der Waals surface area contributed by atoms with E-state index in [0.717, 1.165) is 10.0 Å². The molecule has 2 aromatic carbocycles. The quantitative estimate of drug-likeness (QED) is 0.686. The third-order valence-corrected chi connectivity index (χ3v) is 4.30. The van der Waals surface area contributed by atoms with Crippen LogP contribution in [0.2, 0.25) is 0 Å². The fraction of sp³-hybridized carbons (Fsp3) is 0.0556. The average molecular weight is 400 g/mol. The summed E-state index contributed by atoms with van der Waals surface area (Å²) in [5.41, 5.74) is 2.18. The van der Waals surface area contributed by atoms with Crippen molar-refractivity contribution in [3.8, 4) is 0 Å². The number of carbonyl (C=O) groups excluding carboxylic acids is 2. The molecule has 3 aromatic rings. The molecule has 0 unspecified atom stereocenters. The molecule has 3 rings (SSSR count). The first-order valence-electron chi connectivity index (χ1n) is 7.42. The van der Waals surface area contributed by atoms with Gasteiger partial charge in [0.15, 0.2) is 5.69 Å². The van der Waals surface area contributed by atoms with Gasteiger partial charge in [0.2, 0.25) is 0 Å². The van der Waals surface area contributed by atoms with Crippen LogP contribution in [-0.2, 0) is 0 Å². The summed E-state index contributed by atoms with van der Waals surface area (Å²) >= 11 is 3.41. The molecule has 25 heavy (non-hydrogen) atoms. The number of hydrogen-bond acceptors (Lipinski definition) is 4. The zero-order valence-electron chi connectivity index (χ0n) is 13.2. The first-order chi connectivity index (χ1) is 12.0. The smallest absolute Gasteiger partial charge is 0.302 e. The molecule has 0 saturated carbocycles. The molecule has 0 aliphatic carbocycles. The number of aryl methyl sites for hydroxylation is 1. The van der Waals surface area contributed by atoms with Crippen molar-refractivity contribution in [2.45, 2.75) is 6.92 Å². The van der Waals surface area contributed by atoms with Gasteiger partial charge in [-0.15, -0.1) is 0 Å². The number of halogens is 1. The maximum absolute atomic E-state index is 12.2. The largest absolute Gasteiger partial charge is 0.431 e. The molecular formula is C18H14BrN3O3. The normalized spacial score (nSPS) is 10.3. The standard InChI is InChI=1S/C18H14BrN3O3/c1-11-9-13(7-8-14(11)19)20-17(24)15-10-25-18(21-15)22-16(23)12-5-3-2-4-6-12/h2-10H,1H3,(H,20,24)(H,21,22,23). The van der Waals surface area contributed by atoms with Crippen LogP contribution in [0, 0.1) is 6.92 Å². The zero-order chi connectivity index (χ0) is 17.8. The Morgan fingerprint density at radius 1 is 1.04 bits per heavy atom. The van der Waals surface area contributed by atoms with Gasteiger partial charge in [-0.2, -0.15) is 4.98 Å². The van der Waals surface area contributed by atoms with E-state index in [1.807, 2.05) is 25.1 Å². The molecule has 0 aliphatic heterocycles. The monoisotopic (exact) mass is 399 g/mol. The van der Waals surface area contributed by atoms with E-state index in [1.165, 1.54) is 6.26 Å². The molecule has 7 heteroatoms. The van der Waals surface area contributed by atoms with Crippen LogP contribution >= 0.6 is 15.9 Å². The summed E-state index contributed by atoms with van der Waals surface area (Å²) in [6.45, 7) is 1.92. The van der Waals surface area contributed by atoms with Gasteiger partial charge >= 0.3 is 6.01 Å². The van der Waals surface area contributed by atoms with Crippen molar-refractivity contribution >= 4 is 39.4 Å². The van der Waals surface area contributed by atoms with Gasteiger partial charge in [0.05, 0.1) is 0 Å². The number of oxazole rings is 1. The van der Waals surface area contributed by atoms with E-state index >= 15 is 0 Å². The number of carbonyl (C=O) groups is 2. The minimum Gasteiger partial charge on any atom is -0.431 e. The van der Waals surface area contributed by atoms with Crippen molar-refractivity contribution in [1.29, 1.82) is 0 Å². The SMILES string of the molecule is Cc1cc(NC(=O)c2coc(NC(=O)c3ccccc3)n2)ccc1Br. The lowest BCUT2D eigenvalue weighted by Gasteiger charge is -2.05. The van der Waals surface area contributed by atoms with E-state index in [2.05, 4.69) is 31.5 Å². The van der Waals surface area contributed by atoms with Crippen LogP contribution in [0.1, 0.15) is 26.4 Å². The summed E-state index contributed by atoms with van der Waals surface area (Å²) in [5.74, 6) is -0.788. The minimum atomic E-state index is -0.425. The Balaban J connectivity index is 1.67. The Hall–Kier alpha value is -2.93. The predicted molar refractivity (Wildman–Crippen MR) is 97.7 cm³/mol. The maximum atomic E-state index is 12.2. The zero-order valence-corrected chi connectivity index (χ0v) is 14.8. The molecule has 0 aliphatic rings. The van der Waals surface area contributed by atoms with Crippen molar-refractivity contribution < 1.29 is 14.0 Å². The van der Waals surface area contributed by atoms with Crippen molar-refractivity contribution in [2.75, 3.05) is 10.6 Å². The van der Waals surface area contributed by atoms with Crippen LogP contribution in [0.5, 0.6) is 0 Å². The molecule has 6 nitrogen and oxygen atoms in total. The average Bonchev–Trinajstić information content (AvgIpc) is 3.07. The van der Waals surface area contributed by atoms with Gasteiger partial charge in [-0.3, -0.25) is 14.9 Å². The lowest BCUT2D eigenvalue weighted by atomic mass is 10.2. The second-order valence-electron chi connectivity index (χ2n) is 5.28. The van der Waals surface area contributed by atoms with Gasteiger partial charge in [-0.25, -0.2) is 0 Å². The molecule has 126 valence electrons. The highest BCUT2D eigenvalue weighted by Crippen LogP contribution is 2.20. The number of hydrogen-bond donors (Lipinski definition) is 2. The first-order valence-corrected chi connectivity index (χ1v) is 8.21. The van der Waals surface area contributed by atoms with Gasteiger partial charge in [-0.05, 0) is 42.8 Å². The van der Waals surface area contributed by atoms with E-state index < -0.39 is 5.91 Å². The van der Waals surface area contributed by atoms with Gasteiger partial charge in [0.1, 0.15) is 6.26 Å². The van der Waals surface area contributed by atoms with E-state index in [0.29, 0.717) is 11.3 Å². The van der Waals surface area contributed by atoms with E-state index in [1.54, 1.807) is 30.3 Å². The number of benzene rings is 2. The third-order valence-electron chi connectivity index (χ3n) is 3.41. The fourth-order valence-electron chi connectivity index (χ4n) is 2.11.